The Morgan fingerprint density at radius 3 is 2.32 bits per heavy atom. The highest BCUT2D eigenvalue weighted by Crippen LogP contribution is 2.25. The van der Waals surface area contributed by atoms with Crippen LogP contribution < -0.4 is 10.6 Å². The fourth-order valence-corrected chi connectivity index (χ4v) is 4.39. The van der Waals surface area contributed by atoms with E-state index in [1.165, 1.54) is 0 Å². The predicted octanol–water partition coefficient (Wildman–Crippen LogP) is 5.35. The number of fused-ring (bicyclic) bond motifs is 1. The topological polar surface area (TPSA) is 88.9 Å². The minimum Gasteiger partial charge on any atom is -0.320 e. The zero-order chi connectivity index (χ0) is 23.5. The molecule has 0 radical (unpaired) electrons. The third-order valence-electron chi connectivity index (χ3n) is 5.33. The van der Waals surface area contributed by atoms with Gasteiger partial charge in [0.15, 0.2) is 5.65 Å². The molecule has 2 N–H and O–H groups in total. The van der Waals surface area contributed by atoms with Crippen molar-refractivity contribution in [1.29, 1.82) is 0 Å². The first-order valence-corrected chi connectivity index (χ1v) is 11.6. The summed E-state index contributed by atoms with van der Waals surface area (Å²) in [7, 11) is 0. The molecule has 34 heavy (non-hydrogen) atoms. The summed E-state index contributed by atoms with van der Waals surface area (Å²) >= 11 is 1.65. The first-order chi connectivity index (χ1) is 16.6. The van der Waals surface area contributed by atoms with Gasteiger partial charge in [0.25, 0.3) is 11.8 Å². The van der Waals surface area contributed by atoms with Crippen LogP contribution in [0.4, 0.5) is 11.4 Å². The number of carbonyl (C=O) groups excluding carboxylic acids is 2. The second-order valence-corrected chi connectivity index (χ2v) is 8.78. The van der Waals surface area contributed by atoms with Gasteiger partial charge < -0.3 is 10.6 Å². The van der Waals surface area contributed by atoms with E-state index in [1.54, 1.807) is 76.8 Å². The van der Waals surface area contributed by atoms with Crippen LogP contribution in [0, 0.1) is 6.92 Å². The average molecular weight is 468 g/mol. The molecule has 0 spiro atoms. The monoisotopic (exact) mass is 467 g/mol. The van der Waals surface area contributed by atoms with Gasteiger partial charge in [0.05, 0.1) is 35.1 Å². The fourth-order valence-electron chi connectivity index (χ4n) is 3.70. The SMILES string of the molecule is Cc1cc(C(=O)Nc2ccccc2NC(=O)c2ccccc2)c2cnn(Cc3cccs3)c2n1. The fraction of sp³-hybridized carbons (Fsp3) is 0.0769. The van der Waals surface area contributed by atoms with Crippen LogP contribution in [0.25, 0.3) is 11.0 Å². The summed E-state index contributed by atoms with van der Waals surface area (Å²) in [6.07, 6.45) is 1.67. The molecule has 3 aromatic heterocycles. The summed E-state index contributed by atoms with van der Waals surface area (Å²) in [6, 6.07) is 21.8. The molecule has 0 atom stereocenters. The van der Waals surface area contributed by atoms with Crippen LogP contribution in [0.3, 0.4) is 0 Å². The zero-order valence-electron chi connectivity index (χ0n) is 18.4. The Bertz CT molecular complexity index is 1480. The molecule has 0 saturated heterocycles. The maximum Gasteiger partial charge on any atom is 0.256 e. The lowest BCUT2D eigenvalue weighted by Gasteiger charge is -2.13. The predicted molar refractivity (Wildman–Crippen MR) is 134 cm³/mol. The Hall–Kier alpha value is -4.30. The number of pyridine rings is 1. The molecule has 3 heterocycles. The lowest BCUT2D eigenvalue weighted by atomic mass is 10.1. The quantitative estimate of drug-likeness (QED) is 0.352. The normalized spacial score (nSPS) is 10.9. The number of carbonyl (C=O) groups is 2. The molecule has 2 amide bonds. The first kappa shape index (κ1) is 21.5. The van der Waals surface area contributed by atoms with E-state index in [4.69, 9.17) is 0 Å². The number of nitrogens with one attached hydrogen (secondary N) is 2. The van der Waals surface area contributed by atoms with Gasteiger partial charge in [-0.05, 0) is 48.7 Å². The van der Waals surface area contributed by atoms with Crippen molar-refractivity contribution >= 4 is 45.6 Å². The summed E-state index contributed by atoms with van der Waals surface area (Å²) in [4.78, 5) is 31.7. The smallest absolute Gasteiger partial charge is 0.256 e. The van der Waals surface area contributed by atoms with Crippen LogP contribution in [-0.2, 0) is 6.54 Å². The molecule has 0 aliphatic rings. The van der Waals surface area contributed by atoms with Gasteiger partial charge >= 0.3 is 0 Å². The molecule has 0 aliphatic heterocycles. The van der Waals surface area contributed by atoms with Crippen molar-refractivity contribution < 1.29 is 9.59 Å². The van der Waals surface area contributed by atoms with Gasteiger partial charge in [0.2, 0.25) is 0 Å². The summed E-state index contributed by atoms with van der Waals surface area (Å²) in [5.74, 6) is -0.549. The van der Waals surface area contributed by atoms with Crippen LogP contribution in [0.1, 0.15) is 31.3 Å². The van der Waals surface area contributed by atoms with Gasteiger partial charge in [0, 0.05) is 16.1 Å². The number of aryl methyl sites for hydroxylation is 1. The number of amides is 2. The Morgan fingerprint density at radius 2 is 1.62 bits per heavy atom. The first-order valence-electron chi connectivity index (χ1n) is 10.7. The Balaban J connectivity index is 1.42. The number of nitrogens with zero attached hydrogens (tertiary/aromatic N) is 3. The van der Waals surface area contributed by atoms with E-state index < -0.39 is 0 Å². The molecule has 0 aliphatic carbocycles. The number of aromatic nitrogens is 3. The molecule has 2 aromatic carbocycles. The third kappa shape index (κ3) is 4.44. The minimum atomic E-state index is -0.299. The maximum absolute atomic E-state index is 13.3. The highest BCUT2D eigenvalue weighted by Gasteiger charge is 2.18. The van der Waals surface area contributed by atoms with Crippen LogP contribution >= 0.6 is 11.3 Å². The van der Waals surface area contributed by atoms with Gasteiger partial charge in [0.1, 0.15) is 0 Å². The number of hydrogen-bond acceptors (Lipinski definition) is 5. The third-order valence-corrected chi connectivity index (χ3v) is 6.19. The number of rotatable bonds is 6. The molecule has 0 bridgehead atoms. The number of benzene rings is 2. The number of para-hydroxylation sites is 2. The number of hydrogen-bond donors (Lipinski definition) is 2. The van der Waals surface area contributed by atoms with Crippen molar-refractivity contribution in [3.05, 3.63) is 106 Å². The highest BCUT2D eigenvalue weighted by atomic mass is 32.1. The van der Waals surface area contributed by atoms with Crippen molar-refractivity contribution in [2.45, 2.75) is 13.5 Å². The van der Waals surface area contributed by atoms with E-state index in [0.29, 0.717) is 40.1 Å². The molecule has 0 saturated carbocycles. The largest absolute Gasteiger partial charge is 0.320 e. The Morgan fingerprint density at radius 1 is 0.912 bits per heavy atom. The van der Waals surface area contributed by atoms with Crippen molar-refractivity contribution in [2.75, 3.05) is 10.6 Å². The minimum absolute atomic E-state index is 0.251. The van der Waals surface area contributed by atoms with Gasteiger partial charge in [-0.1, -0.05) is 36.4 Å². The van der Waals surface area contributed by atoms with Crippen LogP contribution in [0.15, 0.2) is 84.4 Å². The lowest BCUT2D eigenvalue weighted by Crippen LogP contribution is -2.17. The number of anilines is 2. The Kier molecular flexibility index (Phi) is 5.88. The van der Waals surface area contributed by atoms with Crippen LogP contribution in [0.2, 0.25) is 0 Å². The lowest BCUT2D eigenvalue weighted by molar-refractivity contribution is 0.101. The molecule has 168 valence electrons. The van der Waals surface area contributed by atoms with Gasteiger partial charge in [-0.2, -0.15) is 5.10 Å². The van der Waals surface area contributed by atoms with Crippen molar-refractivity contribution in [2.24, 2.45) is 0 Å². The van der Waals surface area contributed by atoms with E-state index in [-0.39, 0.29) is 11.8 Å². The molecule has 5 rings (SSSR count). The summed E-state index contributed by atoms with van der Waals surface area (Å²) in [5, 5.41) is 13.0. The number of thiophene rings is 1. The van der Waals surface area contributed by atoms with Crippen molar-refractivity contribution in [1.82, 2.24) is 14.8 Å². The molecule has 0 unspecified atom stereocenters. The van der Waals surface area contributed by atoms with Crippen LogP contribution in [-0.4, -0.2) is 26.6 Å². The summed E-state index contributed by atoms with van der Waals surface area (Å²) < 4.78 is 1.80. The van der Waals surface area contributed by atoms with E-state index >= 15 is 0 Å². The van der Waals surface area contributed by atoms with Gasteiger partial charge in [-0.3, -0.25) is 9.59 Å². The molecule has 0 fully saturated rings. The van der Waals surface area contributed by atoms with Gasteiger partial charge in [-0.15, -0.1) is 11.3 Å². The van der Waals surface area contributed by atoms with Gasteiger partial charge in [-0.25, -0.2) is 9.67 Å². The summed E-state index contributed by atoms with van der Waals surface area (Å²) in [5.41, 5.74) is 3.41. The Labute approximate surface area is 200 Å². The molecule has 5 aromatic rings. The van der Waals surface area contributed by atoms with E-state index in [0.717, 1.165) is 10.6 Å². The second-order valence-electron chi connectivity index (χ2n) is 7.75. The van der Waals surface area contributed by atoms with Crippen molar-refractivity contribution in [3.8, 4) is 0 Å². The highest BCUT2D eigenvalue weighted by molar-refractivity contribution is 7.09. The molecule has 7 nitrogen and oxygen atoms in total. The molecular weight excluding hydrogens is 446 g/mol. The summed E-state index contributed by atoms with van der Waals surface area (Å²) in [6.45, 7) is 2.44. The zero-order valence-corrected chi connectivity index (χ0v) is 19.2. The molecular formula is C26H21N5O2S. The van der Waals surface area contributed by atoms with E-state index in [2.05, 4.69) is 20.7 Å². The average Bonchev–Trinajstić information content (AvgIpc) is 3.51. The van der Waals surface area contributed by atoms with E-state index in [1.807, 2.05) is 30.5 Å². The van der Waals surface area contributed by atoms with E-state index in [9.17, 15) is 9.59 Å². The maximum atomic E-state index is 13.3. The standard InChI is InChI=1S/C26H21N5O2S/c1-17-14-20(21-15-27-31(24(21)28-17)16-19-10-7-13-34-19)26(33)30-23-12-6-5-11-22(23)29-25(32)18-8-3-2-4-9-18/h2-15H,16H2,1H3,(H,29,32)(H,30,33). The van der Waals surface area contributed by atoms with Crippen molar-refractivity contribution in [3.63, 3.8) is 0 Å². The van der Waals surface area contributed by atoms with Crippen LogP contribution in [0.5, 0.6) is 0 Å². The molecule has 8 heteroatoms. The second kappa shape index (κ2) is 9.29.